The first-order chi connectivity index (χ1) is 5.68. The van der Waals surface area contributed by atoms with E-state index in [0.717, 1.165) is 6.07 Å². The Morgan fingerprint density at radius 3 is 2.77 bits per heavy atom. The van der Waals surface area contributed by atoms with Crippen LogP contribution in [0.2, 0.25) is 0 Å². The van der Waals surface area contributed by atoms with Gasteiger partial charge in [0.15, 0.2) is 11.6 Å². The van der Waals surface area contributed by atoms with Crippen LogP contribution in [0.3, 0.4) is 0 Å². The lowest BCUT2D eigenvalue weighted by Gasteiger charge is -2.00. The van der Waals surface area contributed by atoms with Gasteiger partial charge in [0.25, 0.3) is 0 Å². The van der Waals surface area contributed by atoms with Crippen molar-refractivity contribution in [1.29, 1.82) is 0 Å². The summed E-state index contributed by atoms with van der Waals surface area (Å²) in [6, 6.07) is 1.58. The molecule has 1 heterocycles. The summed E-state index contributed by atoms with van der Waals surface area (Å²) in [6.07, 6.45) is 0. The minimum absolute atomic E-state index is 0. The van der Waals surface area contributed by atoms with Crippen molar-refractivity contribution in [2.45, 2.75) is 6.04 Å². The summed E-state index contributed by atoms with van der Waals surface area (Å²) in [5, 5.41) is 0. The normalized spacial score (nSPS) is 18.8. The van der Waals surface area contributed by atoms with E-state index in [1.54, 1.807) is 0 Å². The van der Waals surface area contributed by atoms with Gasteiger partial charge in [-0.25, -0.2) is 8.78 Å². The molecule has 1 aliphatic heterocycles. The molecule has 0 saturated carbocycles. The van der Waals surface area contributed by atoms with Gasteiger partial charge in [0, 0.05) is 11.6 Å². The zero-order valence-electron chi connectivity index (χ0n) is 6.59. The Hall–Kier alpha value is -0.870. The molecule has 72 valence electrons. The van der Waals surface area contributed by atoms with Crippen molar-refractivity contribution >= 4 is 12.4 Å². The molecule has 1 atom stereocenters. The molecule has 0 amide bonds. The lowest BCUT2D eigenvalue weighted by Crippen LogP contribution is -2.10. The number of hydrogen-bond donors (Lipinski definition) is 1. The Labute approximate surface area is 80.1 Å². The van der Waals surface area contributed by atoms with Crippen molar-refractivity contribution < 1.29 is 13.5 Å². The van der Waals surface area contributed by atoms with Gasteiger partial charge in [-0.05, 0) is 6.07 Å². The third-order valence-electron chi connectivity index (χ3n) is 1.84. The van der Waals surface area contributed by atoms with Crippen LogP contribution in [0.25, 0.3) is 0 Å². The summed E-state index contributed by atoms with van der Waals surface area (Å²) in [7, 11) is 0. The van der Waals surface area contributed by atoms with Crippen molar-refractivity contribution in [1.82, 2.24) is 0 Å². The quantitative estimate of drug-likeness (QED) is 0.704. The molecule has 1 aromatic carbocycles. The van der Waals surface area contributed by atoms with E-state index in [4.69, 9.17) is 10.5 Å². The molecule has 2 N–H and O–H groups in total. The molecule has 0 bridgehead atoms. The summed E-state index contributed by atoms with van der Waals surface area (Å²) in [5.74, 6) is -1.21. The highest BCUT2D eigenvalue weighted by molar-refractivity contribution is 5.85. The number of halogens is 3. The van der Waals surface area contributed by atoms with Gasteiger partial charge in [-0.15, -0.1) is 12.4 Å². The molecule has 0 aliphatic carbocycles. The average Bonchev–Trinajstić information content (AvgIpc) is 2.33. The number of ether oxygens (including phenoxy) is 1. The molecular formula is C8H8ClF2NO. The Bertz CT molecular complexity index is 332. The highest BCUT2D eigenvalue weighted by Gasteiger charge is 2.24. The fourth-order valence-electron chi connectivity index (χ4n) is 1.27. The highest BCUT2D eigenvalue weighted by atomic mass is 35.5. The van der Waals surface area contributed by atoms with Crippen molar-refractivity contribution in [2.75, 3.05) is 6.61 Å². The van der Waals surface area contributed by atoms with Crippen LogP contribution >= 0.6 is 12.4 Å². The number of rotatable bonds is 0. The van der Waals surface area contributed by atoms with Gasteiger partial charge in [0.2, 0.25) is 0 Å². The third kappa shape index (κ3) is 1.59. The van der Waals surface area contributed by atoms with Gasteiger partial charge in [0.05, 0.1) is 6.04 Å². The predicted molar refractivity (Wildman–Crippen MR) is 46.0 cm³/mol. The van der Waals surface area contributed by atoms with Crippen LogP contribution in [0.15, 0.2) is 12.1 Å². The topological polar surface area (TPSA) is 35.2 Å². The van der Waals surface area contributed by atoms with E-state index < -0.39 is 17.7 Å². The molecule has 5 heteroatoms. The molecule has 0 unspecified atom stereocenters. The first-order valence-electron chi connectivity index (χ1n) is 3.56. The van der Waals surface area contributed by atoms with Crippen LogP contribution in [0, 0.1) is 11.6 Å². The van der Waals surface area contributed by atoms with Gasteiger partial charge in [-0.2, -0.15) is 0 Å². The van der Waals surface area contributed by atoms with Crippen molar-refractivity contribution in [3.05, 3.63) is 29.3 Å². The Balaban J connectivity index is 0.000000845. The van der Waals surface area contributed by atoms with E-state index in [9.17, 15) is 8.78 Å². The van der Waals surface area contributed by atoms with Crippen LogP contribution in [0.1, 0.15) is 11.6 Å². The minimum atomic E-state index is -0.682. The Morgan fingerprint density at radius 1 is 1.38 bits per heavy atom. The second-order valence-electron chi connectivity index (χ2n) is 2.72. The van der Waals surface area contributed by atoms with E-state index in [0.29, 0.717) is 5.56 Å². The van der Waals surface area contributed by atoms with Crippen LogP contribution in [-0.4, -0.2) is 6.61 Å². The maximum absolute atomic E-state index is 12.9. The summed E-state index contributed by atoms with van der Waals surface area (Å²) in [4.78, 5) is 0. The molecule has 2 rings (SSSR count). The van der Waals surface area contributed by atoms with Crippen LogP contribution < -0.4 is 10.5 Å². The van der Waals surface area contributed by atoms with Gasteiger partial charge < -0.3 is 10.5 Å². The molecule has 0 spiro atoms. The van der Waals surface area contributed by atoms with Crippen molar-refractivity contribution in [2.24, 2.45) is 5.73 Å². The van der Waals surface area contributed by atoms with E-state index in [2.05, 4.69) is 0 Å². The van der Waals surface area contributed by atoms with Gasteiger partial charge in [-0.3, -0.25) is 0 Å². The molecule has 0 radical (unpaired) electrons. The lowest BCUT2D eigenvalue weighted by atomic mass is 10.1. The summed E-state index contributed by atoms with van der Waals surface area (Å²) in [5.41, 5.74) is 5.94. The Morgan fingerprint density at radius 2 is 2.08 bits per heavy atom. The van der Waals surface area contributed by atoms with E-state index in [1.807, 2.05) is 0 Å². The van der Waals surface area contributed by atoms with Crippen LogP contribution in [0.4, 0.5) is 8.78 Å². The SMILES string of the molecule is Cl.N[C@@H]1COc2c(F)cc(F)cc21. The second kappa shape index (κ2) is 3.47. The second-order valence-corrected chi connectivity index (χ2v) is 2.72. The Kier molecular flexibility index (Phi) is 2.73. The predicted octanol–water partition coefficient (Wildman–Crippen LogP) is 1.78. The van der Waals surface area contributed by atoms with Gasteiger partial charge in [-0.1, -0.05) is 0 Å². The zero-order valence-corrected chi connectivity index (χ0v) is 7.41. The first kappa shape index (κ1) is 10.2. The van der Waals surface area contributed by atoms with Gasteiger partial charge >= 0.3 is 0 Å². The molecule has 1 aromatic rings. The number of fused-ring (bicyclic) bond motifs is 1. The average molecular weight is 208 g/mol. The van der Waals surface area contributed by atoms with Crippen molar-refractivity contribution in [3.63, 3.8) is 0 Å². The largest absolute Gasteiger partial charge is 0.488 e. The number of benzene rings is 1. The first-order valence-corrected chi connectivity index (χ1v) is 3.56. The highest BCUT2D eigenvalue weighted by Crippen LogP contribution is 2.33. The standard InChI is InChI=1S/C8H7F2NO.ClH/c9-4-1-5-7(11)3-12-8(5)6(10)2-4;/h1-2,7H,3,11H2;1H/t7-;/m1./s1. The summed E-state index contributed by atoms with van der Waals surface area (Å²) < 4.78 is 30.5. The maximum atomic E-state index is 12.9. The fraction of sp³-hybridized carbons (Fsp3) is 0.250. The smallest absolute Gasteiger partial charge is 0.168 e. The van der Waals surface area contributed by atoms with Crippen LogP contribution in [-0.2, 0) is 0 Å². The fourth-order valence-corrected chi connectivity index (χ4v) is 1.27. The van der Waals surface area contributed by atoms with E-state index >= 15 is 0 Å². The van der Waals surface area contributed by atoms with E-state index in [1.165, 1.54) is 6.07 Å². The number of hydrogen-bond acceptors (Lipinski definition) is 2. The zero-order chi connectivity index (χ0) is 8.72. The molecule has 2 nitrogen and oxygen atoms in total. The lowest BCUT2D eigenvalue weighted by molar-refractivity contribution is 0.319. The van der Waals surface area contributed by atoms with Crippen LogP contribution in [0.5, 0.6) is 5.75 Å². The molecule has 0 fully saturated rings. The van der Waals surface area contributed by atoms with Crippen molar-refractivity contribution in [3.8, 4) is 5.75 Å². The molecule has 13 heavy (non-hydrogen) atoms. The maximum Gasteiger partial charge on any atom is 0.168 e. The summed E-state index contributed by atoms with van der Waals surface area (Å²) >= 11 is 0. The molecule has 1 aliphatic rings. The van der Waals surface area contributed by atoms with Gasteiger partial charge in [0.1, 0.15) is 12.4 Å². The molecule has 0 aromatic heterocycles. The molecular weight excluding hydrogens is 200 g/mol. The molecule has 0 saturated heterocycles. The number of nitrogens with two attached hydrogens (primary N) is 1. The van der Waals surface area contributed by atoms with E-state index in [-0.39, 0.29) is 24.8 Å². The summed E-state index contributed by atoms with van der Waals surface area (Å²) in [6.45, 7) is 0.218. The monoisotopic (exact) mass is 207 g/mol. The third-order valence-corrected chi connectivity index (χ3v) is 1.84. The minimum Gasteiger partial charge on any atom is -0.488 e.